The molecule has 0 unspecified atom stereocenters. The Labute approximate surface area is 76.5 Å². The van der Waals surface area contributed by atoms with Crippen molar-refractivity contribution >= 4 is 0 Å². The maximum atomic E-state index is 5.51. The molecule has 0 aliphatic carbocycles. The van der Waals surface area contributed by atoms with Crippen molar-refractivity contribution in [1.29, 1.82) is 0 Å². The van der Waals surface area contributed by atoms with E-state index in [4.69, 9.17) is 4.74 Å². The molecule has 1 rings (SSSR count). The first kappa shape index (κ1) is 10.0. The van der Waals surface area contributed by atoms with Crippen LogP contribution in [0.1, 0.15) is 57.8 Å². The highest BCUT2D eigenvalue weighted by atomic mass is 16.5. The van der Waals surface area contributed by atoms with E-state index in [2.05, 4.69) is 0 Å². The van der Waals surface area contributed by atoms with Crippen LogP contribution in [0.2, 0.25) is 0 Å². The van der Waals surface area contributed by atoms with E-state index in [1.807, 2.05) is 0 Å². The van der Waals surface area contributed by atoms with Gasteiger partial charge in [-0.15, -0.1) is 0 Å². The Morgan fingerprint density at radius 1 is 0.417 bits per heavy atom. The molecule has 1 nitrogen and oxygen atoms in total. The summed E-state index contributed by atoms with van der Waals surface area (Å²) in [5, 5.41) is 0. The topological polar surface area (TPSA) is 9.23 Å². The van der Waals surface area contributed by atoms with Crippen LogP contribution in [-0.2, 0) is 4.74 Å². The van der Waals surface area contributed by atoms with Crippen molar-refractivity contribution in [3.05, 3.63) is 0 Å². The fourth-order valence-electron chi connectivity index (χ4n) is 1.75. The molecule has 0 spiro atoms. The summed E-state index contributed by atoms with van der Waals surface area (Å²) >= 11 is 0. The molecule has 0 aromatic rings. The summed E-state index contributed by atoms with van der Waals surface area (Å²) in [4.78, 5) is 0. The zero-order chi connectivity index (χ0) is 8.49. The van der Waals surface area contributed by atoms with E-state index < -0.39 is 0 Å². The molecule has 0 aromatic carbocycles. The molecule has 1 aliphatic heterocycles. The van der Waals surface area contributed by atoms with Gasteiger partial charge in [0.1, 0.15) is 0 Å². The van der Waals surface area contributed by atoms with Gasteiger partial charge in [0.25, 0.3) is 0 Å². The Bertz CT molecular complexity index is 48.0. The molecular formula is C11H22O. The molecule has 0 N–H and O–H groups in total. The van der Waals surface area contributed by atoms with Crippen molar-refractivity contribution in [2.24, 2.45) is 0 Å². The highest BCUT2D eigenvalue weighted by molar-refractivity contribution is 4.49. The van der Waals surface area contributed by atoms with E-state index in [1.54, 1.807) is 0 Å². The molecule has 0 atom stereocenters. The van der Waals surface area contributed by atoms with Crippen molar-refractivity contribution < 1.29 is 4.74 Å². The number of rotatable bonds is 0. The first-order valence-corrected chi connectivity index (χ1v) is 5.58. The van der Waals surface area contributed by atoms with Crippen molar-refractivity contribution in [3.63, 3.8) is 0 Å². The SMILES string of the molecule is C1CCCCCOCCCCC1. The molecule has 0 aromatic heterocycles. The Hall–Kier alpha value is -0.0400. The minimum absolute atomic E-state index is 1.00. The zero-order valence-electron chi connectivity index (χ0n) is 8.19. The zero-order valence-corrected chi connectivity index (χ0v) is 8.19. The number of ether oxygens (including phenoxy) is 1. The third kappa shape index (κ3) is 5.59. The second-order valence-corrected chi connectivity index (χ2v) is 3.79. The van der Waals surface area contributed by atoms with E-state index in [9.17, 15) is 0 Å². The van der Waals surface area contributed by atoms with Gasteiger partial charge in [-0.05, 0) is 12.8 Å². The lowest BCUT2D eigenvalue weighted by molar-refractivity contribution is 0.125. The molecule has 1 heterocycles. The number of hydrogen-bond acceptors (Lipinski definition) is 1. The molecule has 12 heavy (non-hydrogen) atoms. The van der Waals surface area contributed by atoms with Crippen LogP contribution >= 0.6 is 0 Å². The lowest BCUT2D eigenvalue weighted by atomic mass is 10.1. The van der Waals surface area contributed by atoms with Crippen LogP contribution in [0.25, 0.3) is 0 Å². The van der Waals surface area contributed by atoms with Crippen LogP contribution < -0.4 is 0 Å². The van der Waals surface area contributed by atoms with Gasteiger partial charge in [0.05, 0.1) is 0 Å². The summed E-state index contributed by atoms with van der Waals surface area (Å²) in [6.45, 7) is 2.00. The van der Waals surface area contributed by atoms with Crippen molar-refractivity contribution in [1.82, 2.24) is 0 Å². The van der Waals surface area contributed by atoms with E-state index in [-0.39, 0.29) is 0 Å². The molecule has 0 radical (unpaired) electrons. The highest BCUT2D eigenvalue weighted by Crippen LogP contribution is 2.11. The summed E-state index contributed by atoms with van der Waals surface area (Å²) in [5.41, 5.74) is 0. The second-order valence-electron chi connectivity index (χ2n) is 3.79. The predicted octanol–water partition coefficient (Wildman–Crippen LogP) is 3.53. The van der Waals surface area contributed by atoms with Crippen LogP contribution in [-0.4, -0.2) is 13.2 Å². The average Bonchev–Trinajstić information content (AvgIpc) is 2.05. The molecule has 0 saturated carbocycles. The van der Waals surface area contributed by atoms with Gasteiger partial charge >= 0.3 is 0 Å². The first-order valence-electron chi connectivity index (χ1n) is 5.58. The Morgan fingerprint density at radius 2 is 0.750 bits per heavy atom. The minimum atomic E-state index is 1.00. The van der Waals surface area contributed by atoms with Gasteiger partial charge in [-0.3, -0.25) is 0 Å². The van der Waals surface area contributed by atoms with E-state index in [0.29, 0.717) is 0 Å². The van der Waals surface area contributed by atoms with Crippen LogP contribution in [0.5, 0.6) is 0 Å². The molecule has 1 aliphatic rings. The molecule has 0 bridgehead atoms. The fourth-order valence-corrected chi connectivity index (χ4v) is 1.75. The molecule has 72 valence electrons. The van der Waals surface area contributed by atoms with Gasteiger partial charge in [-0.25, -0.2) is 0 Å². The van der Waals surface area contributed by atoms with Gasteiger partial charge in [0, 0.05) is 13.2 Å². The van der Waals surface area contributed by atoms with E-state index in [1.165, 1.54) is 57.8 Å². The van der Waals surface area contributed by atoms with Gasteiger partial charge in [0.15, 0.2) is 0 Å². The number of hydrogen-bond donors (Lipinski definition) is 0. The maximum absolute atomic E-state index is 5.51. The fraction of sp³-hybridized carbons (Fsp3) is 1.00. The van der Waals surface area contributed by atoms with Crippen molar-refractivity contribution in [3.8, 4) is 0 Å². The van der Waals surface area contributed by atoms with Crippen LogP contribution in [0, 0.1) is 0 Å². The quantitative estimate of drug-likeness (QED) is 0.540. The van der Waals surface area contributed by atoms with Crippen LogP contribution in [0.3, 0.4) is 0 Å². The first-order chi connectivity index (χ1) is 6.00. The maximum Gasteiger partial charge on any atom is 0.0466 e. The third-order valence-corrected chi connectivity index (χ3v) is 2.58. The summed E-state index contributed by atoms with van der Waals surface area (Å²) in [5.74, 6) is 0. The molecule has 1 fully saturated rings. The van der Waals surface area contributed by atoms with Crippen molar-refractivity contribution in [2.45, 2.75) is 57.8 Å². The lowest BCUT2D eigenvalue weighted by Crippen LogP contribution is -1.98. The summed E-state index contributed by atoms with van der Waals surface area (Å²) in [7, 11) is 0. The Morgan fingerprint density at radius 3 is 1.17 bits per heavy atom. The third-order valence-electron chi connectivity index (χ3n) is 2.58. The molecule has 1 heteroatoms. The van der Waals surface area contributed by atoms with Gasteiger partial charge in [-0.2, -0.15) is 0 Å². The van der Waals surface area contributed by atoms with Crippen LogP contribution in [0.15, 0.2) is 0 Å². The normalized spacial score (nSPS) is 24.0. The highest BCUT2D eigenvalue weighted by Gasteiger charge is 1.95. The van der Waals surface area contributed by atoms with E-state index >= 15 is 0 Å². The van der Waals surface area contributed by atoms with Crippen LogP contribution in [0.4, 0.5) is 0 Å². The molecular weight excluding hydrogens is 148 g/mol. The predicted molar refractivity (Wildman–Crippen MR) is 52.4 cm³/mol. The summed E-state index contributed by atoms with van der Waals surface area (Å²) in [6, 6.07) is 0. The standard InChI is InChI=1S/C11H22O/c1-2-4-6-8-10-12-11-9-7-5-3-1/h1-11H2. The summed E-state index contributed by atoms with van der Waals surface area (Å²) in [6.07, 6.45) is 12.5. The Kier molecular flexibility index (Phi) is 6.36. The van der Waals surface area contributed by atoms with E-state index in [0.717, 1.165) is 13.2 Å². The summed E-state index contributed by atoms with van der Waals surface area (Å²) < 4.78 is 5.51. The second kappa shape index (κ2) is 7.60. The molecule has 1 saturated heterocycles. The van der Waals surface area contributed by atoms with Crippen molar-refractivity contribution in [2.75, 3.05) is 13.2 Å². The Balaban J connectivity index is 2.00. The lowest BCUT2D eigenvalue weighted by Gasteiger charge is -2.07. The minimum Gasteiger partial charge on any atom is -0.381 e. The van der Waals surface area contributed by atoms with Gasteiger partial charge in [0.2, 0.25) is 0 Å². The molecule has 0 amide bonds. The van der Waals surface area contributed by atoms with Gasteiger partial charge < -0.3 is 4.74 Å². The monoisotopic (exact) mass is 170 g/mol. The van der Waals surface area contributed by atoms with Gasteiger partial charge in [-0.1, -0.05) is 44.9 Å². The average molecular weight is 170 g/mol. The smallest absolute Gasteiger partial charge is 0.0466 e. The largest absolute Gasteiger partial charge is 0.381 e.